The number of nitrogens with one attached hydrogen (secondary N) is 3. The van der Waals surface area contributed by atoms with E-state index in [9.17, 15) is 19.2 Å². The third-order valence-electron chi connectivity index (χ3n) is 4.13. The Kier molecular flexibility index (Phi) is 5.41. The van der Waals surface area contributed by atoms with Gasteiger partial charge >= 0.3 is 12.1 Å². The molecular weight excluding hydrogens is 324 g/mol. The Labute approximate surface area is 145 Å². The van der Waals surface area contributed by atoms with Crippen LogP contribution in [-0.2, 0) is 21.5 Å². The highest BCUT2D eigenvalue weighted by atomic mass is 16.2. The minimum atomic E-state index is -1.24. The maximum absolute atomic E-state index is 12.7. The van der Waals surface area contributed by atoms with Gasteiger partial charge in [-0.1, -0.05) is 37.6 Å². The lowest BCUT2D eigenvalue weighted by atomic mass is 9.91. The molecule has 134 valence electrons. The van der Waals surface area contributed by atoms with Crippen LogP contribution >= 0.6 is 0 Å². The standard InChI is InChI=1S/C17H22N4O4/c1-4-5-11-6-8-12(9-7-11)17(2)14(23)21(16(25)20-17)10-13(22)19-15(24)18-3/h6-9H,4-5,10H2,1-3H3,(H,20,25)(H2,18,19,22,24)/t17-/m1/s1. The Balaban J connectivity index is 2.15. The van der Waals surface area contributed by atoms with E-state index in [1.807, 2.05) is 17.4 Å². The van der Waals surface area contributed by atoms with E-state index in [0.717, 1.165) is 23.3 Å². The zero-order valence-electron chi connectivity index (χ0n) is 14.5. The van der Waals surface area contributed by atoms with Gasteiger partial charge in [0.15, 0.2) is 0 Å². The molecule has 0 saturated carbocycles. The molecular formula is C17H22N4O4. The minimum Gasteiger partial charge on any atom is -0.341 e. The fourth-order valence-electron chi connectivity index (χ4n) is 2.70. The average Bonchev–Trinajstić information content (AvgIpc) is 2.80. The first-order chi connectivity index (χ1) is 11.8. The minimum absolute atomic E-state index is 0.526. The van der Waals surface area contributed by atoms with Crippen LogP contribution in [0.1, 0.15) is 31.4 Å². The number of amides is 6. The molecule has 3 N–H and O–H groups in total. The van der Waals surface area contributed by atoms with Gasteiger partial charge < -0.3 is 10.6 Å². The summed E-state index contributed by atoms with van der Waals surface area (Å²) in [5.74, 6) is -1.28. The number of nitrogens with zero attached hydrogens (tertiary/aromatic N) is 1. The van der Waals surface area contributed by atoms with Crippen molar-refractivity contribution in [3.8, 4) is 0 Å². The molecule has 0 aliphatic carbocycles. The van der Waals surface area contributed by atoms with Crippen molar-refractivity contribution >= 4 is 23.9 Å². The van der Waals surface area contributed by atoms with Crippen LogP contribution in [0.25, 0.3) is 0 Å². The number of carbonyl (C=O) groups excluding carboxylic acids is 4. The monoisotopic (exact) mass is 346 g/mol. The number of carbonyl (C=O) groups is 4. The summed E-state index contributed by atoms with van der Waals surface area (Å²) in [7, 11) is 1.36. The van der Waals surface area contributed by atoms with Gasteiger partial charge in [-0.3, -0.25) is 19.8 Å². The van der Waals surface area contributed by atoms with Gasteiger partial charge in [0, 0.05) is 7.05 Å². The van der Waals surface area contributed by atoms with E-state index in [4.69, 9.17) is 0 Å². The Morgan fingerprint density at radius 2 is 1.84 bits per heavy atom. The van der Waals surface area contributed by atoms with E-state index in [1.54, 1.807) is 19.1 Å². The molecule has 1 atom stereocenters. The number of aryl methyl sites for hydroxylation is 1. The maximum Gasteiger partial charge on any atom is 0.325 e. The summed E-state index contributed by atoms with van der Waals surface area (Å²) >= 11 is 0. The van der Waals surface area contributed by atoms with Crippen molar-refractivity contribution in [3.05, 3.63) is 35.4 Å². The molecule has 1 saturated heterocycles. The molecule has 25 heavy (non-hydrogen) atoms. The predicted molar refractivity (Wildman–Crippen MR) is 90.6 cm³/mol. The van der Waals surface area contributed by atoms with Crippen LogP contribution in [0, 0.1) is 0 Å². The van der Waals surface area contributed by atoms with Crippen molar-refractivity contribution < 1.29 is 19.2 Å². The number of benzene rings is 1. The van der Waals surface area contributed by atoms with Crippen molar-refractivity contribution in [1.29, 1.82) is 0 Å². The molecule has 6 amide bonds. The third-order valence-corrected chi connectivity index (χ3v) is 4.13. The van der Waals surface area contributed by atoms with Gasteiger partial charge in [0.2, 0.25) is 5.91 Å². The summed E-state index contributed by atoms with van der Waals surface area (Å²) in [6, 6.07) is 6.08. The van der Waals surface area contributed by atoms with E-state index < -0.39 is 36.0 Å². The van der Waals surface area contributed by atoms with Crippen LogP contribution in [-0.4, -0.2) is 42.4 Å². The highest BCUT2D eigenvalue weighted by Gasteiger charge is 2.49. The fourth-order valence-corrected chi connectivity index (χ4v) is 2.70. The number of rotatable bonds is 5. The quantitative estimate of drug-likeness (QED) is 0.687. The van der Waals surface area contributed by atoms with Crippen LogP contribution in [0.15, 0.2) is 24.3 Å². The number of urea groups is 2. The van der Waals surface area contributed by atoms with Crippen LogP contribution in [0.4, 0.5) is 9.59 Å². The summed E-state index contributed by atoms with van der Waals surface area (Å²) in [6.45, 7) is 3.15. The average molecular weight is 346 g/mol. The maximum atomic E-state index is 12.7. The van der Waals surface area contributed by atoms with Crippen LogP contribution in [0.5, 0.6) is 0 Å². The summed E-state index contributed by atoms with van der Waals surface area (Å²) in [5, 5.41) is 6.88. The molecule has 1 heterocycles. The van der Waals surface area contributed by atoms with E-state index in [-0.39, 0.29) is 0 Å². The summed E-state index contributed by atoms with van der Waals surface area (Å²) in [4.78, 5) is 48.6. The number of hydrogen-bond donors (Lipinski definition) is 3. The third kappa shape index (κ3) is 3.78. The Morgan fingerprint density at radius 3 is 2.40 bits per heavy atom. The van der Waals surface area contributed by atoms with Gasteiger partial charge in [0.1, 0.15) is 12.1 Å². The molecule has 0 radical (unpaired) electrons. The number of imide groups is 2. The Morgan fingerprint density at radius 1 is 1.20 bits per heavy atom. The lowest BCUT2D eigenvalue weighted by Crippen LogP contribution is -2.46. The highest BCUT2D eigenvalue weighted by molar-refractivity contribution is 6.10. The predicted octanol–water partition coefficient (Wildman–Crippen LogP) is 0.862. The van der Waals surface area contributed by atoms with Gasteiger partial charge in [-0.2, -0.15) is 0 Å². The first-order valence-corrected chi connectivity index (χ1v) is 8.07. The molecule has 1 aliphatic rings. The van der Waals surface area contributed by atoms with Crippen molar-refractivity contribution in [2.75, 3.05) is 13.6 Å². The van der Waals surface area contributed by atoms with Gasteiger partial charge in [-0.05, 0) is 24.5 Å². The number of hydrogen-bond acceptors (Lipinski definition) is 4. The molecule has 1 aromatic carbocycles. The van der Waals surface area contributed by atoms with Crippen molar-refractivity contribution in [2.24, 2.45) is 0 Å². The first-order valence-electron chi connectivity index (χ1n) is 8.07. The molecule has 1 aliphatic heterocycles. The summed E-state index contributed by atoms with van der Waals surface area (Å²) in [5.41, 5.74) is 0.545. The van der Waals surface area contributed by atoms with Crippen molar-refractivity contribution in [1.82, 2.24) is 20.9 Å². The van der Waals surface area contributed by atoms with Crippen LogP contribution in [0.3, 0.4) is 0 Å². The first kappa shape index (κ1) is 18.4. The molecule has 0 spiro atoms. The lowest BCUT2D eigenvalue weighted by Gasteiger charge is -2.22. The Bertz CT molecular complexity index is 701. The van der Waals surface area contributed by atoms with E-state index in [1.165, 1.54) is 7.05 Å². The molecule has 8 nitrogen and oxygen atoms in total. The van der Waals surface area contributed by atoms with Crippen molar-refractivity contribution in [2.45, 2.75) is 32.2 Å². The molecule has 0 unspecified atom stereocenters. The molecule has 8 heteroatoms. The topological polar surface area (TPSA) is 108 Å². The van der Waals surface area contributed by atoms with Gasteiger partial charge in [0.25, 0.3) is 5.91 Å². The SMILES string of the molecule is CCCc1ccc([C@@]2(C)NC(=O)N(CC(=O)NC(=O)NC)C2=O)cc1. The second kappa shape index (κ2) is 7.33. The molecule has 0 bridgehead atoms. The zero-order chi connectivity index (χ0) is 18.6. The smallest absolute Gasteiger partial charge is 0.325 e. The van der Waals surface area contributed by atoms with Crippen LogP contribution < -0.4 is 16.0 Å². The summed E-state index contributed by atoms with van der Waals surface area (Å²) < 4.78 is 0. The molecule has 1 aromatic rings. The van der Waals surface area contributed by atoms with E-state index in [2.05, 4.69) is 17.6 Å². The second-order valence-corrected chi connectivity index (χ2v) is 6.02. The van der Waals surface area contributed by atoms with Gasteiger partial charge in [0.05, 0.1) is 0 Å². The van der Waals surface area contributed by atoms with Gasteiger partial charge in [-0.25, -0.2) is 9.59 Å². The lowest BCUT2D eigenvalue weighted by molar-refractivity contribution is -0.134. The normalized spacial score (nSPS) is 19.6. The zero-order valence-corrected chi connectivity index (χ0v) is 14.5. The van der Waals surface area contributed by atoms with Crippen molar-refractivity contribution in [3.63, 3.8) is 0 Å². The summed E-state index contributed by atoms with van der Waals surface area (Å²) in [6.07, 6.45) is 1.95. The second-order valence-electron chi connectivity index (χ2n) is 6.02. The fraction of sp³-hybridized carbons (Fsp3) is 0.412. The van der Waals surface area contributed by atoms with E-state index >= 15 is 0 Å². The van der Waals surface area contributed by atoms with Crippen LogP contribution in [0.2, 0.25) is 0 Å². The highest BCUT2D eigenvalue weighted by Crippen LogP contribution is 2.29. The van der Waals surface area contributed by atoms with Gasteiger partial charge in [-0.15, -0.1) is 0 Å². The van der Waals surface area contributed by atoms with E-state index in [0.29, 0.717) is 5.56 Å². The molecule has 0 aromatic heterocycles. The Hall–Kier alpha value is -2.90. The molecule has 1 fully saturated rings. The largest absolute Gasteiger partial charge is 0.341 e. The molecule has 2 rings (SSSR count).